The Kier molecular flexibility index (Phi) is 6.60. The molecule has 0 fully saturated rings. The minimum atomic E-state index is -0.636. The average molecular weight is 493 g/mol. The fraction of sp³-hybridized carbons (Fsp3) is 0.125. The number of nitrogens with one attached hydrogen (secondary N) is 2. The molecule has 3 N–H and O–H groups in total. The molecule has 0 radical (unpaired) electrons. The van der Waals surface area contributed by atoms with Gasteiger partial charge in [0.05, 0.1) is 17.1 Å². The van der Waals surface area contributed by atoms with E-state index in [0.717, 1.165) is 6.07 Å². The zero-order valence-electron chi connectivity index (χ0n) is 18.7. The molecule has 1 aromatic heterocycles. The van der Waals surface area contributed by atoms with Gasteiger partial charge >= 0.3 is 5.69 Å². The summed E-state index contributed by atoms with van der Waals surface area (Å²) in [6.45, 7) is 3.65. The number of rotatable bonds is 6. The number of phenols is 1. The molecule has 0 spiro atoms. The third-order valence-electron chi connectivity index (χ3n) is 5.03. The van der Waals surface area contributed by atoms with Gasteiger partial charge in [0, 0.05) is 17.3 Å². The Balaban J connectivity index is 1.54. The number of aromatic hydroxyl groups is 1. The molecule has 0 unspecified atom stereocenters. The number of nitrogens with zero attached hydrogens (tertiary/aromatic N) is 2. The monoisotopic (exact) mass is 492 g/mol. The molecule has 0 atom stereocenters. The predicted octanol–water partition coefficient (Wildman–Crippen LogP) is 4.94. The second-order valence-corrected chi connectivity index (χ2v) is 7.87. The smallest absolute Gasteiger partial charge is 0.311 e. The summed E-state index contributed by atoms with van der Waals surface area (Å²) in [6.07, 6.45) is 0. The van der Waals surface area contributed by atoms with Crippen molar-refractivity contribution in [1.82, 2.24) is 10.3 Å². The van der Waals surface area contributed by atoms with Crippen molar-refractivity contribution in [2.45, 2.75) is 13.8 Å². The van der Waals surface area contributed by atoms with Crippen molar-refractivity contribution in [1.29, 1.82) is 0 Å². The molecule has 11 heteroatoms. The van der Waals surface area contributed by atoms with Crippen molar-refractivity contribution >= 4 is 45.7 Å². The first-order valence-electron chi connectivity index (χ1n) is 10.5. The highest BCUT2D eigenvalue weighted by atomic mass is 32.1. The molecule has 35 heavy (non-hydrogen) atoms. The number of ether oxygens (including phenoxy) is 1. The zero-order valence-corrected chi connectivity index (χ0v) is 19.5. The fourth-order valence-corrected chi connectivity index (χ4v) is 3.63. The summed E-state index contributed by atoms with van der Waals surface area (Å²) < 4.78 is 11.0. The summed E-state index contributed by atoms with van der Waals surface area (Å²) in [5, 5.41) is 27.2. The molecule has 1 heterocycles. The Morgan fingerprint density at radius 2 is 2.00 bits per heavy atom. The van der Waals surface area contributed by atoms with E-state index in [-0.39, 0.29) is 40.4 Å². The van der Waals surface area contributed by atoms with Gasteiger partial charge in [-0.3, -0.25) is 20.2 Å². The molecule has 10 nitrogen and oxygen atoms in total. The highest BCUT2D eigenvalue weighted by Gasteiger charge is 2.20. The lowest BCUT2D eigenvalue weighted by Crippen LogP contribution is -2.34. The summed E-state index contributed by atoms with van der Waals surface area (Å²) in [7, 11) is 0. The van der Waals surface area contributed by atoms with E-state index in [1.807, 2.05) is 12.1 Å². The van der Waals surface area contributed by atoms with Gasteiger partial charge in [0.15, 0.2) is 16.4 Å². The number of fused-ring (bicyclic) bond motifs is 1. The molecule has 0 aliphatic rings. The topological polar surface area (TPSA) is 140 Å². The number of thiocarbonyl (C=S) groups is 1. The lowest BCUT2D eigenvalue weighted by molar-refractivity contribution is -0.385. The van der Waals surface area contributed by atoms with Gasteiger partial charge in [0.2, 0.25) is 5.89 Å². The highest BCUT2D eigenvalue weighted by molar-refractivity contribution is 7.80. The van der Waals surface area contributed by atoms with E-state index in [2.05, 4.69) is 15.6 Å². The first kappa shape index (κ1) is 23.6. The van der Waals surface area contributed by atoms with Gasteiger partial charge < -0.3 is 19.6 Å². The molecule has 0 aliphatic heterocycles. The molecule has 0 saturated heterocycles. The van der Waals surface area contributed by atoms with Crippen LogP contribution in [0.25, 0.3) is 22.6 Å². The Morgan fingerprint density at radius 1 is 1.23 bits per heavy atom. The van der Waals surface area contributed by atoms with Crippen molar-refractivity contribution < 1.29 is 24.0 Å². The molecular formula is C24H20N4O6S. The second-order valence-electron chi connectivity index (χ2n) is 7.46. The Labute approximate surface area is 204 Å². The predicted molar refractivity (Wildman–Crippen MR) is 134 cm³/mol. The Hall–Kier alpha value is -4.51. The standard InChI is InChI=1S/C24H20N4O6S/c1-3-33-20-9-8-14(11-18(20)28(31)32)22(30)27-24(35)25-15-10-13(2)21(29)16(12-15)23-26-17-6-4-5-7-19(17)34-23/h4-12,29H,3H2,1-2H3,(H2,25,27,30,35). The number of anilines is 1. The number of hydrogen-bond acceptors (Lipinski definition) is 8. The maximum atomic E-state index is 12.6. The normalized spacial score (nSPS) is 10.7. The van der Waals surface area contributed by atoms with E-state index in [4.69, 9.17) is 21.4 Å². The molecule has 4 aromatic rings. The molecule has 0 bridgehead atoms. The van der Waals surface area contributed by atoms with Crippen molar-refractivity contribution in [2.75, 3.05) is 11.9 Å². The molecule has 4 rings (SSSR count). The first-order chi connectivity index (χ1) is 16.8. The van der Waals surface area contributed by atoms with Gasteiger partial charge in [-0.15, -0.1) is 0 Å². The highest BCUT2D eigenvalue weighted by Crippen LogP contribution is 2.36. The number of phenolic OH excluding ortho intramolecular Hbond substituents is 1. The van der Waals surface area contributed by atoms with Crippen LogP contribution in [0, 0.1) is 17.0 Å². The van der Waals surface area contributed by atoms with Crippen LogP contribution in [0.4, 0.5) is 11.4 Å². The van der Waals surface area contributed by atoms with Crippen LogP contribution < -0.4 is 15.4 Å². The maximum Gasteiger partial charge on any atom is 0.311 e. The number of amides is 1. The van der Waals surface area contributed by atoms with E-state index < -0.39 is 10.8 Å². The van der Waals surface area contributed by atoms with E-state index in [9.17, 15) is 20.0 Å². The SMILES string of the molecule is CCOc1ccc(C(=O)NC(=S)Nc2cc(C)c(O)c(-c3nc4ccccc4o3)c2)cc1[N+](=O)[O-]. The van der Waals surface area contributed by atoms with Gasteiger partial charge in [0.1, 0.15) is 11.3 Å². The number of nitro groups is 1. The Bertz CT molecular complexity index is 1430. The molecule has 0 aliphatic carbocycles. The average Bonchev–Trinajstić information content (AvgIpc) is 3.25. The Morgan fingerprint density at radius 3 is 2.71 bits per heavy atom. The van der Waals surface area contributed by atoms with Crippen LogP contribution in [0.1, 0.15) is 22.8 Å². The summed E-state index contributed by atoms with van der Waals surface area (Å²) in [6, 6.07) is 14.3. The van der Waals surface area contributed by atoms with Crippen LogP contribution in [0.15, 0.2) is 59.0 Å². The minimum absolute atomic E-state index is 0.00115. The number of carbonyl (C=O) groups is 1. The third kappa shape index (κ3) is 5.04. The zero-order chi connectivity index (χ0) is 25.1. The van der Waals surface area contributed by atoms with Crippen molar-refractivity contribution in [2.24, 2.45) is 0 Å². The molecule has 178 valence electrons. The van der Waals surface area contributed by atoms with Crippen molar-refractivity contribution in [3.05, 3.63) is 75.8 Å². The third-order valence-corrected chi connectivity index (χ3v) is 5.23. The number of aromatic nitrogens is 1. The lowest BCUT2D eigenvalue weighted by atomic mass is 10.1. The van der Waals surface area contributed by atoms with Gasteiger partial charge in [-0.2, -0.15) is 0 Å². The van der Waals surface area contributed by atoms with Crippen LogP contribution in [-0.2, 0) is 0 Å². The number of oxazole rings is 1. The fourth-order valence-electron chi connectivity index (χ4n) is 3.42. The van der Waals surface area contributed by atoms with Crippen molar-refractivity contribution in [3.63, 3.8) is 0 Å². The molecule has 0 saturated carbocycles. The maximum absolute atomic E-state index is 12.6. The summed E-state index contributed by atoms with van der Waals surface area (Å²) in [5.74, 6) is -0.338. The van der Waals surface area contributed by atoms with Gasteiger partial charge in [-0.05, 0) is 68.0 Å². The van der Waals surface area contributed by atoms with Crippen LogP contribution in [0.5, 0.6) is 11.5 Å². The van der Waals surface area contributed by atoms with Crippen LogP contribution in [0.2, 0.25) is 0 Å². The number of carbonyl (C=O) groups excluding carboxylic acids is 1. The number of hydrogen-bond donors (Lipinski definition) is 3. The number of nitro benzene ring substituents is 1. The van der Waals surface area contributed by atoms with E-state index in [1.54, 1.807) is 38.1 Å². The summed E-state index contributed by atoms with van der Waals surface area (Å²) in [4.78, 5) is 27.7. The number of aryl methyl sites for hydroxylation is 1. The summed E-state index contributed by atoms with van der Waals surface area (Å²) in [5.41, 5.74) is 2.29. The lowest BCUT2D eigenvalue weighted by Gasteiger charge is -2.13. The van der Waals surface area contributed by atoms with Gasteiger partial charge in [0.25, 0.3) is 5.91 Å². The molecule has 3 aromatic carbocycles. The van der Waals surface area contributed by atoms with Gasteiger partial charge in [-0.25, -0.2) is 4.98 Å². The van der Waals surface area contributed by atoms with Crippen molar-refractivity contribution in [3.8, 4) is 23.0 Å². The largest absolute Gasteiger partial charge is 0.507 e. The number of para-hydroxylation sites is 2. The quantitative estimate of drug-likeness (QED) is 0.148. The van der Waals surface area contributed by atoms with Crippen LogP contribution >= 0.6 is 12.2 Å². The molecule has 1 amide bonds. The second kappa shape index (κ2) is 9.77. The van der Waals surface area contributed by atoms with E-state index >= 15 is 0 Å². The van der Waals surface area contributed by atoms with Crippen LogP contribution in [0.3, 0.4) is 0 Å². The van der Waals surface area contributed by atoms with E-state index in [0.29, 0.717) is 27.9 Å². The summed E-state index contributed by atoms with van der Waals surface area (Å²) >= 11 is 5.25. The first-order valence-corrected chi connectivity index (χ1v) is 10.9. The number of benzene rings is 3. The van der Waals surface area contributed by atoms with Gasteiger partial charge in [-0.1, -0.05) is 12.1 Å². The van der Waals surface area contributed by atoms with E-state index in [1.165, 1.54) is 12.1 Å². The molecular weight excluding hydrogens is 472 g/mol. The minimum Gasteiger partial charge on any atom is -0.507 e. The van der Waals surface area contributed by atoms with Crippen LogP contribution in [-0.4, -0.2) is 32.6 Å².